The van der Waals surface area contributed by atoms with E-state index >= 15 is 0 Å². The Balaban J connectivity index is 1.68. The van der Waals surface area contributed by atoms with Gasteiger partial charge in [-0.1, -0.05) is 26.3 Å². The first-order valence-corrected chi connectivity index (χ1v) is 12.2. The summed E-state index contributed by atoms with van der Waals surface area (Å²) in [6.07, 6.45) is 10.4. The molecule has 0 saturated carbocycles. The predicted molar refractivity (Wildman–Crippen MR) is 131 cm³/mol. The lowest BCUT2D eigenvalue weighted by Crippen LogP contribution is -2.29. The van der Waals surface area contributed by atoms with Crippen LogP contribution in [-0.4, -0.2) is 30.6 Å². The van der Waals surface area contributed by atoms with Gasteiger partial charge < -0.3 is 5.32 Å². The van der Waals surface area contributed by atoms with E-state index in [4.69, 9.17) is 4.98 Å². The Labute approximate surface area is 198 Å². The van der Waals surface area contributed by atoms with Crippen LogP contribution in [0.4, 0.5) is 0 Å². The van der Waals surface area contributed by atoms with Gasteiger partial charge in [0, 0.05) is 18.6 Å². The highest BCUT2D eigenvalue weighted by atomic mass is 32.1. The highest BCUT2D eigenvalue weighted by Crippen LogP contribution is 2.27. The maximum atomic E-state index is 13.3. The second-order valence-electron chi connectivity index (χ2n) is 7.91. The molecule has 8 heteroatoms. The Kier molecular flexibility index (Phi) is 7.24. The number of aryl methyl sites for hydroxylation is 1. The van der Waals surface area contributed by atoms with Gasteiger partial charge in [0.15, 0.2) is 0 Å². The van der Waals surface area contributed by atoms with Crippen molar-refractivity contribution < 1.29 is 4.79 Å². The molecule has 1 N–H and O–H groups in total. The molecule has 0 radical (unpaired) electrons. The first-order chi connectivity index (χ1) is 16.1. The monoisotopic (exact) mass is 460 g/mol. The molecular formula is C25H28N6OS. The van der Waals surface area contributed by atoms with E-state index in [-0.39, 0.29) is 11.9 Å². The molecule has 0 fully saturated rings. The Bertz CT molecular complexity index is 1200. The van der Waals surface area contributed by atoms with E-state index in [0.29, 0.717) is 11.5 Å². The van der Waals surface area contributed by atoms with Crippen LogP contribution in [0.2, 0.25) is 0 Å². The minimum atomic E-state index is -0.137. The van der Waals surface area contributed by atoms with Crippen molar-refractivity contribution in [1.82, 2.24) is 30.0 Å². The van der Waals surface area contributed by atoms with Gasteiger partial charge in [0.2, 0.25) is 0 Å². The molecular weight excluding hydrogens is 432 g/mol. The summed E-state index contributed by atoms with van der Waals surface area (Å²) in [5.41, 5.74) is 4.33. The fourth-order valence-electron chi connectivity index (χ4n) is 3.77. The van der Waals surface area contributed by atoms with Crippen molar-refractivity contribution in [1.29, 1.82) is 0 Å². The number of nitrogens with zero attached hydrogens (tertiary/aromatic N) is 5. The number of aromatic nitrogens is 5. The average molecular weight is 461 g/mol. The number of hydrogen-bond acceptors (Lipinski definition) is 6. The van der Waals surface area contributed by atoms with Crippen LogP contribution in [-0.2, 0) is 6.42 Å². The molecule has 4 aromatic heterocycles. The van der Waals surface area contributed by atoms with Gasteiger partial charge in [-0.15, -0.1) is 11.3 Å². The second-order valence-corrected chi connectivity index (χ2v) is 8.86. The Hall–Kier alpha value is -3.39. The zero-order valence-electron chi connectivity index (χ0n) is 19.2. The van der Waals surface area contributed by atoms with Crippen LogP contribution < -0.4 is 5.32 Å². The molecule has 1 amide bonds. The first-order valence-electron chi connectivity index (χ1n) is 11.3. The molecule has 33 heavy (non-hydrogen) atoms. The largest absolute Gasteiger partial charge is 0.345 e. The average Bonchev–Trinajstić information content (AvgIpc) is 3.52. The standard InChI is InChI=1S/C25H28N6OS/c1-4-6-8-21-19(24(32)29-20(5-2)18-10-12-26-13-11-18)16-28-31(21)25-27-15-17(3)23(30-25)22-9-7-14-33-22/h7,9-16,20H,4-6,8H2,1-3H3,(H,29,32). The molecule has 4 aromatic rings. The molecule has 0 bridgehead atoms. The smallest absolute Gasteiger partial charge is 0.255 e. The molecule has 1 unspecified atom stereocenters. The number of thiophene rings is 1. The SMILES string of the molecule is CCCCc1c(C(=O)NC(CC)c2ccncc2)cnn1-c1ncc(C)c(-c2cccs2)n1. The van der Waals surface area contributed by atoms with Crippen molar-refractivity contribution >= 4 is 17.2 Å². The first kappa shape index (κ1) is 22.8. The number of pyridine rings is 1. The van der Waals surface area contributed by atoms with E-state index in [0.717, 1.165) is 53.1 Å². The Morgan fingerprint density at radius 1 is 1.18 bits per heavy atom. The van der Waals surface area contributed by atoms with E-state index in [1.807, 2.05) is 42.8 Å². The topological polar surface area (TPSA) is 85.6 Å². The van der Waals surface area contributed by atoms with Crippen LogP contribution in [0.5, 0.6) is 0 Å². The summed E-state index contributed by atoms with van der Waals surface area (Å²) in [7, 11) is 0. The van der Waals surface area contributed by atoms with Crippen molar-refractivity contribution in [3.63, 3.8) is 0 Å². The lowest BCUT2D eigenvalue weighted by Gasteiger charge is -2.17. The summed E-state index contributed by atoms with van der Waals surface area (Å²) in [5.74, 6) is 0.344. The van der Waals surface area contributed by atoms with E-state index < -0.39 is 0 Å². The van der Waals surface area contributed by atoms with Gasteiger partial charge in [-0.05, 0) is 60.9 Å². The number of nitrogens with one attached hydrogen (secondary N) is 1. The molecule has 7 nitrogen and oxygen atoms in total. The summed E-state index contributed by atoms with van der Waals surface area (Å²) in [6, 6.07) is 7.83. The van der Waals surface area contributed by atoms with E-state index in [2.05, 4.69) is 34.2 Å². The van der Waals surface area contributed by atoms with Gasteiger partial charge in [0.25, 0.3) is 11.9 Å². The van der Waals surface area contributed by atoms with Crippen molar-refractivity contribution in [3.8, 4) is 16.5 Å². The van der Waals surface area contributed by atoms with E-state index in [9.17, 15) is 4.79 Å². The maximum absolute atomic E-state index is 13.3. The van der Waals surface area contributed by atoms with Crippen LogP contribution >= 0.6 is 11.3 Å². The molecule has 0 aliphatic heterocycles. The maximum Gasteiger partial charge on any atom is 0.255 e. The summed E-state index contributed by atoms with van der Waals surface area (Å²) >= 11 is 1.64. The third-order valence-corrected chi connectivity index (χ3v) is 6.48. The van der Waals surface area contributed by atoms with Crippen LogP contribution in [0.15, 0.2) is 54.4 Å². The normalized spacial score (nSPS) is 12.0. The summed E-state index contributed by atoms with van der Waals surface area (Å²) in [5, 5.41) is 9.74. The zero-order chi connectivity index (χ0) is 23.2. The fourth-order valence-corrected chi connectivity index (χ4v) is 4.55. The lowest BCUT2D eigenvalue weighted by molar-refractivity contribution is 0.0934. The minimum absolute atomic E-state index is 0.0936. The molecule has 4 rings (SSSR count). The predicted octanol–water partition coefficient (Wildman–Crippen LogP) is 5.32. The van der Waals surface area contributed by atoms with Crippen LogP contribution in [0.3, 0.4) is 0 Å². The van der Waals surface area contributed by atoms with Crippen molar-refractivity contribution in [2.24, 2.45) is 0 Å². The summed E-state index contributed by atoms with van der Waals surface area (Å²) in [4.78, 5) is 27.8. The highest BCUT2D eigenvalue weighted by molar-refractivity contribution is 7.13. The van der Waals surface area contributed by atoms with Crippen LogP contribution in [0, 0.1) is 6.92 Å². The van der Waals surface area contributed by atoms with Crippen molar-refractivity contribution in [2.45, 2.75) is 52.5 Å². The molecule has 0 spiro atoms. The van der Waals surface area contributed by atoms with Crippen molar-refractivity contribution in [2.75, 3.05) is 0 Å². The quantitative estimate of drug-likeness (QED) is 0.365. The molecule has 0 aromatic carbocycles. The third kappa shape index (κ3) is 5.01. The number of amides is 1. The summed E-state index contributed by atoms with van der Waals surface area (Å²) < 4.78 is 1.72. The van der Waals surface area contributed by atoms with Gasteiger partial charge >= 0.3 is 0 Å². The van der Waals surface area contributed by atoms with Gasteiger partial charge in [0.05, 0.1) is 34.1 Å². The lowest BCUT2D eigenvalue weighted by atomic mass is 10.0. The molecule has 170 valence electrons. The van der Waals surface area contributed by atoms with E-state index in [1.54, 1.807) is 34.6 Å². The Morgan fingerprint density at radius 3 is 2.70 bits per heavy atom. The number of rotatable bonds is 9. The zero-order valence-corrected chi connectivity index (χ0v) is 20.0. The van der Waals surface area contributed by atoms with Crippen LogP contribution in [0.1, 0.15) is 66.3 Å². The van der Waals surface area contributed by atoms with Gasteiger partial charge in [-0.3, -0.25) is 9.78 Å². The van der Waals surface area contributed by atoms with Gasteiger partial charge in [-0.25, -0.2) is 14.6 Å². The second kappa shape index (κ2) is 10.5. The summed E-state index contributed by atoms with van der Waals surface area (Å²) in [6.45, 7) is 6.19. The number of carbonyl (C=O) groups excluding carboxylic acids is 1. The highest BCUT2D eigenvalue weighted by Gasteiger charge is 2.22. The molecule has 4 heterocycles. The third-order valence-electron chi connectivity index (χ3n) is 5.61. The minimum Gasteiger partial charge on any atom is -0.345 e. The van der Waals surface area contributed by atoms with Crippen molar-refractivity contribution in [3.05, 3.63) is 76.8 Å². The molecule has 1 atom stereocenters. The number of carbonyl (C=O) groups is 1. The fraction of sp³-hybridized carbons (Fsp3) is 0.320. The number of hydrogen-bond donors (Lipinski definition) is 1. The Morgan fingerprint density at radius 2 is 2.00 bits per heavy atom. The number of unbranched alkanes of at least 4 members (excludes halogenated alkanes) is 1. The van der Waals surface area contributed by atoms with E-state index in [1.165, 1.54) is 0 Å². The van der Waals surface area contributed by atoms with Gasteiger partial charge in [0.1, 0.15) is 0 Å². The molecule has 0 aliphatic carbocycles. The molecule has 0 saturated heterocycles. The van der Waals surface area contributed by atoms with Gasteiger partial charge in [-0.2, -0.15) is 5.10 Å². The van der Waals surface area contributed by atoms with Crippen LogP contribution in [0.25, 0.3) is 16.5 Å². The molecule has 0 aliphatic rings.